The van der Waals surface area contributed by atoms with Crippen molar-refractivity contribution in [2.45, 2.75) is 290 Å². The third-order valence-electron chi connectivity index (χ3n) is 13.6. The molecular weight excluding hydrogens is 985 g/mol. The molecule has 1 atom stereocenters. The van der Waals surface area contributed by atoms with E-state index < -0.39 is 6.10 Å². The van der Waals surface area contributed by atoms with Gasteiger partial charge in [0, 0.05) is 19.3 Å². The lowest BCUT2D eigenvalue weighted by Gasteiger charge is -2.18. The molecule has 0 heterocycles. The molecule has 0 saturated heterocycles. The highest BCUT2D eigenvalue weighted by Gasteiger charge is 2.19. The molecule has 0 fully saturated rings. The van der Waals surface area contributed by atoms with Crippen LogP contribution in [-0.2, 0) is 28.6 Å². The first-order valence-corrected chi connectivity index (χ1v) is 32.8. The molecule has 0 rings (SSSR count). The van der Waals surface area contributed by atoms with Crippen molar-refractivity contribution in [1.82, 2.24) is 0 Å². The lowest BCUT2D eigenvalue weighted by molar-refractivity contribution is -0.167. The molecule has 452 valence electrons. The van der Waals surface area contributed by atoms with Crippen LogP contribution in [0.1, 0.15) is 284 Å². The minimum atomic E-state index is -0.804. The van der Waals surface area contributed by atoms with Gasteiger partial charge in [-0.25, -0.2) is 0 Å². The Morgan fingerprint density at radius 2 is 0.487 bits per heavy atom. The van der Waals surface area contributed by atoms with Gasteiger partial charge in [0.25, 0.3) is 0 Å². The second kappa shape index (κ2) is 66.8. The molecule has 6 nitrogen and oxygen atoms in total. The van der Waals surface area contributed by atoms with E-state index in [9.17, 15) is 14.4 Å². The summed E-state index contributed by atoms with van der Waals surface area (Å²) >= 11 is 0. The summed E-state index contributed by atoms with van der Waals surface area (Å²) in [5, 5.41) is 0. The van der Waals surface area contributed by atoms with Crippen LogP contribution in [-0.4, -0.2) is 37.2 Å². The van der Waals surface area contributed by atoms with Gasteiger partial charge < -0.3 is 14.2 Å². The van der Waals surface area contributed by atoms with Gasteiger partial charge in [0.2, 0.25) is 0 Å². The van der Waals surface area contributed by atoms with Crippen LogP contribution in [0.3, 0.4) is 0 Å². The highest BCUT2D eigenvalue weighted by Crippen LogP contribution is 2.15. The number of ether oxygens (including phenoxy) is 3. The molecule has 0 aliphatic heterocycles. The Morgan fingerprint density at radius 3 is 0.800 bits per heavy atom. The minimum absolute atomic E-state index is 0.0971. The van der Waals surface area contributed by atoms with E-state index in [2.05, 4.69) is 167 Å². The molecule has 1 unspecified atom stereocenters. The minimum Gasteiger partial charge on any atom is -0.462 e. The van der Waals surface area contributed by atoms with Crippen LogP contribution in [0.15, 0.2) is 146 Å². The van der Waals surface area contributed by atoms with E-state index in [4.69, 9.17) is 14.2 Å². The molecular formula is C74H120O6. The average Bonchev–Trinajstić information content (AvgIpc) is 3.46. The second-order valence-electron chi connectivity index (χ2n) is 21.3. The van der Waals surface area contributed by atoms with E-state index in [0.717, 1.165) is 128 Å². The van der Waals surface area contributed by atoms with E-state index in [-0.39, 0.29) is 31.1 Å². The van der Waals surface area contributed by atoms with Crippen molar-refractivity contribution < 1.29 is 28.6 Å². The maximum absolute atomic E-state index is 12.9. The van der Waals surface area contributed by atoms with Crippen LogP contribution >= 0.6 is 0 Å². The fraction of sp³-hybridized carbons (Fsp3) is 0.635. The smallest absolute Gasteiger partial charge is 0.306 e. The van der Waals surface area contributed by atoms with Crippen LogP contribution in [0.25, 0.3) is 0 Å². The molecule has 0 aliphatic rings. The second-order valence-corrected chi connectivity index (χ2v) is 21.3. The molecule has 0 amide bonds. The van der Waals surface area contributed by atoms with Gasteiger partial charge >= 0.3 is 17.9 Å². The Labute approximate surface area is 493 Å². The summed E-state index contributed by atoms with van der Waals surface area (Å²) in [6.45, 7) is 6.46. The van der Waals surface area contributed by atoms with Crippen LogP contribution in [0, 0.1) is 0 Å². The van der Waals surface area contributed by atoms with Crippen molar-refractivity contribution >= 4 is 17.9 Å². The zero-order chi connectivity index (χ0) is 57.8. The first kappa shape index (κ1) is 75.3. The maximum Gasteiger partial charge on any atom is 0.306 e. The SMILES string of the molecule is CC/C=C\C/C=C\C/C=C\C/C=C\C/C=C\C/C=C\C/C=C\C/C=C\C/C=C\C/C=C\CCCCC(=O)OCC(COC(=O)CCCCCCCCCCCCC)OC(=O)CCCCCCCCC/C=C\C/C=C\CCCCCC. The van der Waals surface area contributed by atoms with E-state index >= 15 is 0 Å². The van der Waals surface area contributed by atoms with Crippen molar-refractivity contribution in [2.75, 3.05) is 13.2 Å². The number of hydrogen-bond donors (Lipinski definition) is 0. The predicted molar refractivity (Wildman–Crippen MR) is 348 cm³/mol. The van der Waals surface area contributed by atoms with Gasteiger partial charge in [-0.15, -0.1) is 0 Å². The Kier molecular flexibility index (Phi) is 62.9. The molecule has 0 aliphatic carbocycles. The fourth-order valence-electron chi connectivity index (χ4n) is 8.68. The summed E-state index contributed by atoms with van der Waals surface area (Å²) in [5.74, 6) is -0.951. The molecule has 0 spiro atoms. The molecule has 0 aromatic carbocycles. The van der Waals surface area contributed by atoms with E-state index in [1.54, 1.807) is 0 Å². The molecule has 0 radical (unpaired) electrons. The number of carbonyl (C=O) groups excluding carboxylic acids is 3. The highest BCUT2D eigenvalue weighted by molar-refractivity contribution is 5.71. The van der Waals surface area contributed by atoms with E-state index in [0.29, 0.717) is 25.7 Å². The molecule has 0 aromatic rings. The van der Waals surface area contributed by atoms with Crippen LogP contribution in [0.5, 0.6) is 0 Å². The number of carbonyl (C=O) groups is 3. The fourth-order valence-corrected chi connectivity index (χ4v) is 8.68. The van der Waals surface area contributed by atoms with Gasteiger partial charge in [0.15, 0.2) is 6.10 Å². The average molecular weight is 1110 g/mol. The van der Waals surface area contributed by atoms with E-state index in [1.165, 1.54) is 109 Å². The summed E-state index contributed by atoms with van der Waals surface area (Å²) < 4.78 is 16.9. The summed E-state index contributed by atoms with van der Waals surface area (Å²) in [7, 11) is 0. The Hall–Kier alpha value is -4.71. The number of esters is 3. The lowest BCUT2D eigenvalue weighted by atomic mass is 10.1. The standard InChI is InChI=1S/C74H120O6/c1-4-7-10-13-16-19-22-24-26-28-30-31-32-33-34-35-36-37-38-39-40-41-42-43-44-46-47-49-52-55-58-61-64-67-73(76)79-70-71(69-78-72(75)66-63-60-57-54-51-21-18-15-12-9-6-3)80-74(77)68-65-62-59-56-53-50-48-45-29-27-25-23-20-17-14-11-8-5-2/h7,10,16,19-20,23-24,26-27,29-31,33-34,36-37,39-40,42-43,46-47,52,55,71H,4-6,8-9,11-15,17-18,21-22,25,28,32,35,38,41,44-45,48-51,53-54,56-70H2,1-3H3/b10-7-,19-16-,23-20-,26-24-,29-27-,31-30-,34-33-,37-36-,40-39-,43-42-,47-46-,55-52-. The van der Waals surface area contributed by atoms with Crippen molar-refractivity contribution in [3.05, 3.63) is 146 Å². The first-order valence-electron chi connectivity index (χ1n) is 32.8. The Morgan fingerprint density at radius 1 is 0.263 bits per heavy atom. The van der Waals surface area contributed by atoms with Crippen LogP contribution in [0.2, 0.25) is 0 Å². The van der Waals surface area contributed by atoms with Gasteiger partial charge in [-0.1, -0.05) is 282 Å². The monoisotopic (exact) mass is 1100 g/mol. The molecule has 0 saturated carbocycles. The van der Waals surface area contributed by atoms with Gasteiger partial charge in [-0.05, 0) is 128 Å². The van der Waals surface area contributed by atoms with Crippen molar-refractivity contribution in [2.24, 2.45) is 0 Å². The maximum atomic E-state index is 12.9. The number of rotatable bonds is 58. The summed E-state index contributed by atoms with van der Waals surface area (Å²) in [6.07, 6.45) is 95.7. The molecule has 6 heteroatoms. The van der Waals surface area contributed by atoms with Crippen molar-refractivity contribution in [1.29, 1.82) is 0 Å². The zero-order valence-electron chi connectivity index (χ0n) is 51.8. The number of unbranched alkanes of at least 4 members (excludes halogenated alkanes) is 23. The topological polar surface area (TPSA) is 78.9 Å². The molecule has 0 aromatic heterocycles. The number of hydrogen-bond acceptors (Lipinski definition) is 6. The largest absolute Gasteiger partial charge is 0.462 e. The van der Waals surface area contributed by atoms with Crippen molar-refractivity contribution in [3.8, 4) is 0 Å². The van der Waals surface area contributed by atoms with Gasteiger partial charge in [-0.3, -0.25) is 14.4 Å². The summed E-state index contributed by atoms with van der Waals surface area (Å²) in [4.78, 5) is 38.2. The van der Waals surface area contributed by atoms with Gasteiger partial charge in [0.05, 0.1) is 0 Å². The normalized spacial score (nSPS) is 13.1. The summed E-state index contributed by atoms with van der Waals surface area (Å²) in [6, 6.07) is 0. The van der Waals surface area contributed by atoms with Gasteiger partial charge in [-0.2, -0.15) is 0 Å². The molecule has 80 heavy (non-hydrogen) atoms. The molecule has 0 N–H and O–H groups in total. The third-order valence-corrected chi connectivity index (χ3v) is 13.6. The Balaban J connectivity index is 4.37. The first-order chi connectivity index (χ1) is 39.5. The summed E-state index contributed by atoms with van der Waals surface area (Å²) in [5.41, 5.74) is 0. The van der Waals surface area contributed by atoms with Crippen molar-refractivity contribution in [3.63, 3.8) is 0 Å². The van der Waals surface area contributed by atoms with Gasteiger partial charge in [0.1, 0.15) is 13.2 Å². The zero-order valence-corrected chi connectivity index (χ0v) is 51.8. The van der Waals surface area contributed by atoms with Crippen LogP contribution in [0.4, 0.5) is 0 Å². The molecule has 0 bridgehead atoms. The third kappa shape index (κ3) is 64.1. The van der Waals surface area contributed by atoms with Crippen LogP contribution < -0.4 is 0 Å². The highest BCUT2D eigenvalue weighted by atomic mass is 16.6. The van der Waals surface area contributed by atoms with E-state index in [1.807, 2.05) is 0 Å². The Bertz CT molecular complexity index is 1750. The predicted octanol–water partition coefficient (Wildman–Crippen LogP) is 22.7. The lowest BCUT2D eigenvalue weighted by Crippen LogP contribution is -2.30. The quantitative estimate of drug-likeness (QED) is 0.0261. The number of allylic oxidation sites excluding steroid dienone is 24.